The fraction of sp³-hybridized carbons (Fsp3) is 0.917. The Morgan fingerprint density at radius 3 is 2.69 bits per heavy atom. The average molecular weight is 228 g/mol. The van der Waals surface area contributed by atoms with Crippen molar-refractivity contribution in [1.29, 1.82) is 0 Å². The van der Waals surface area contributed by atoms with Crippen LogP contribution in [0.3, 0.4) is 0 Å². The normalized spacial score (nSPS) is 16.4. The molecule has 1 amide bonds. The van der Waals surface area contributed by atoms with Gasteiger partial charge in [-0.15, -0.1) is 0 Å². The standard InChI is InChI=1S/C12H24N2O2/c1-2-3-4-5-6-13-11-12(15)14-7-9-16-10-8-14/h13H,2-11H2,1H3. The van der Waals surface area contributed by atoms with Gasteiger partial charge in [-0.3, -0.25) is 4.79 Å². The van der Waals surface area contributed by atoms with Gasteiger partial charge in [-0.05, 0) is 13.0 Å². The van der Waals surface area contributed by atoms with Crippen LogP contribution in [-0.4, -0.2) is 50.2 Å². The summed E-state index contributed by atoms with van der Waals surface area (Å²) in [5, 5.41) is 3.21. The Morgan fingerprint density at radius 1 is 1.25 bits per heavy atom. The molecule has 0 unspecified atom stereocenters. The molecular weight excluding hydrogens is 204 g/mol. The predicted molar refractivity (Wildman–Crippen MR) is 64.4 cm³/mol. The molecule has 1 heterocycles. The summed E-state index contributed by atoms with van der Waals surface area (Å²) in [6.07, 6.45) is 4.98. The Labute approximate surface area is 98.3 Å². The van der Waals surface area contributed by atoms with Crippen LogP contribution < -0.4 is 5.32 Å². The molecule has 0 aromatic rings. The molecule has 1 aliphatic rings. The molecule has 0 aliphatic carbocycles. The van der Waals surface area contributed by atoms with Crippen LogP contribution in [0.2, 0.25) is 0 Å². The van der Waals surface area contributed by atoms with Crippen LogP contribution in [0.15, 0.2) is 0 Å². The second kappa shape index (κ2) is 8.53. The molecule has 0 spiro atoms. The molecular formula is C12H24N2O2. The molecule has 4 heteroatoms. The van der Waals surface area contributed by atoms with Crippen LogP contribution in [0, 0.1) is 0 Å². The van der Waals surface area contributed by atoms with Crippen molar-refractivity contribution < 1.29 is 9.53 Å². The highest BCUT2D eigenvalue weighted by Gasteiger charge is 2.15. The van der Waals surface area contributed by atoms with E-state index >= 15 is 0 Å². The van der Waals surface area contributed by atoms with Crippen molar-refractivity contribution in [1.82, 2.24) is 10.2 Å². The number of rotatable bonds is 7. The average Bonchev–Trinajstić information content (AvgIpc) is 2.34. The minimum absolute atomic E-state index is 0.207. The van der Waals surface area contributed by atoms with Gasteiger partial charge in [-0.2, -0.15) is 0 Å². The minimum atomic E-state index is 0.207. The van der Waals surface area contributed by atoms with E-state index in [9.17, 15) is 4.79 Å². The minimum Gasteiger partial charge on any atom is -0.378 e. The molecule has 0 bridgehead atoms. The molecule has 0 aromatic carbocycles. The third-order valence-electron chi connectivity index (χ3n) is 2.85. The van der Waals surface area contributed by atoms with Crippen molar-refractivity contribution in [3.05, 3.63) is 0 Å². The number of nitrogens with one attached hydrogen (secondary N) is 1. The summed E-state index contributed by atoms with van der Waals surface area (Å²) in [5.74, 6) is 0.207. The first-order valence-electron chi connectivity index (χ1n) is 6.41. The Bertz CT molecular complexity index is 191. The molecule has 0 saturated carbocycles. The zero-order valence-corrected chi connectivity index (χ0v) is 10.3. The number of morpholine rings is 1. The van der Waals surface area contributed by atoms with Gasteiger partial charge in [0, 0.05) is 13.1 Å². The lowest BCUT2D eigenvalue weighted by molar-refractivity contribution is -0.134. The number of carbonyl (C=O) groups excluding carboxylic acids is 1. The van der Waals surface area contributed by atoms with E-state index in [1.54, 1.807) is 0 Å². The molecule has 1 saturated heterocycles. The second-order valence-corrected chi connectivity index (χ2v) is 4.23. The third kappa shape index (κ3) is 5.47. The summed E-state index contributed by atoms with van der Waals surface area (Å²) >= 11 is 0. The van der Waals surface area contributed by atoms with E-state index in [-0.39, 0.29) is 5.91 Å². The van der Waals surface area contributed by atoms with Crippen LogP contribution in [0.4, 0.5) is 0 Å². The van der Waals surface area contributed by atoms with E-state index < -0.39 is 0 Å². The molecule has 0 atom stereocenters. The molecule has 94 valence electrons. The molecule has 16 heavy (non-hydrogen) atoms. The number of hydrogen-bond acceptors (Lipinski definition) is 3. The van der Waals surface area contributed by atoms with E-state index in [1.165, 1.54) is 25.7 Å². The number of nitrogens with zero attached hydrogens (tertiary/aromatic N) is 1. The topological polar surface area (TPSA) is 41.6 Å². The van der Waals surface area contributed by atoms with Crippen molar-refractivity contribution in [2.24, 2.45) is 0 Å². The van der Waals surface area contributed by atoms with Crippen LogP contribution >= 0.6 is 0 Å². The van der Waals surface area contributed by atoms with E-state index in [2.05, 4.69) is 12.2 Å². The molecule has 1 fully saturated rings. The maximum absolute atomic E-state index is 11.7. The fourth-order valence-electron chi connectivity index (χ4n) is 1.80. The van der Waals surface area contributed by atoms with Gasteiger partial charge >= 0.3 is 0 Å². The molecule has 4 nitrogen and oxygen atoms in total. The van der Waals surface area contributed by atoms with Gasteiger partial charge in [0.2, 0.25) is 5.91 Å². The van der Waals surface area contributed by atoms with Gasteiger partial charge in [-0.1, -0.05) is 26.2 Å². The molecule has 1 N–H and O–H groups in total. The van der Waals surface area contributed by atoms with Crippen molar-refractivity contribution in [2.75, 3.05) is 39.4 Å². The number of carbonyl (C=O) groups is 1. The van der Waals surface area contributed by atoms with Gasteiger partial charge in [0.25, 0.3) is 0 Å². The van der Waals surface area contributed by atoms with E-state index in [0.717, 1.165) is 19.6 Å². The third-order valence-corrected chi connectivity index (χ3v) is 2.85. The quantitative estimate of drug-likeness (QED) is 0.661. The van der Waals surface area contributed by atoms with Gasteiger partial charge in [0.05, 0.1) is 19.8 Å². The van der Waals surface area contributed by atoms with Crippen LogP contribution in [-0.2, 0) is 9.53 Å². The molecule has 0 aromatic heterocycles. The number of unbranched alkanes of at least 4 members (excludes halogenated alkanes) is 3. The summed E-state index contributed by atoms with van der Waals surface area (Å²) < 4.78 is 5.21. The molecule has 1 aliphatic heterocycles. The van der Waals surface area contributed by atoms with Gasteiger partial charge in [0.15, 0.2) is 0 Å². The van der Waals surface area contributed by atoms with Crippen molar-refractivity contribution in [3.63, 3.8) is 0 Å². The van der Waals surface area contributed by atoms with Gasteiger partial charge in [0.1, 0.15) is 0 Å². The first-order valence-corrected chi connectivity index (χ1v) is 6.41. The highest BCUT2D eigenvalue weighted by Crippen LogP contribution is 1.98. The number of amides is 1. The lowest BCUT2D eigenvalue weighted by Gasteiger charge is -2.26. The first-order chi connectivity index (χ1) is 7.84. The van der Waals surface area contributed by atoms with Crippen LogP contribution in [0.25, 0.3) is 0 Å². The second-order valence-electron chi connectivity index (χ2n) is 4.23. The summed E-state index contributed by atoms with van der Waals surface area (Å²) in [6, 6.07) is 0. The zero-order valence-electron chi connectivity index (χ0n) is 10.3. The highest BCUT2D eigenvalue weighted by atomic mass is 16.5. The highest BCUT2D eigenvalue weighted by molar-refractivity contribution is 5.78. The Morgan fingerprint density at radius 2 is 2.00 bits per heavy atom. The lowest BCUT2D eigenvalue weighted by atomic mass is 10.2. The molecule has 1 rings (SSSR count). The van der Waals surface area contributed by atoms with Gasteiger partial charge < -0.3 is 15.0 Å². The monoisotopic (exact) mass is 228 g/mol. The number of hydrogen-bond donors (Lipinski definition) is 1. The maximum Gasteiger partial charge on any atom is 0.236 e. The van der Waals surface area contributed by atoms with Crippen LogP contribution in [0.5, 0.6) is 0 Å². The van der Waals surface area contributed by atoms with Crippen LogP contribution in [0.1, 0.15) is 32.6 Å². The summed E-state index contributed by atoms with van der Waals surface area (Å²) in [5.41, 5.74) is 0. The van der Waals surface area contributed by atoms with Crippen molar-refractivity contribution in [2.45, 2.75) is 32.6 Å². The number of ether oxygens (including phenoxy) is 1. The largest absolute Gasteiger partial charge is 0.378 e. The fourth-order valence-corrected chi connectivity index (χ4v) is 1.80. The van der Waals surface area contributed by atoms with Crippen molar-refractivity contribution >= 4 is 5.91 Å². The van der Waals surface area contributed by atoms with E-state index in [1.807, 2.05) is 4.90 Å². The van der Waals surface area contributed by atoms with Gasteiger partial charge in [-0.25, -0.2) is 0 Å². The zero-order chi connectivity index (χ0) is 11.6. The SMILES string of the molecule is CCCCCCNCC(=O)N1CCOCC1. The Kier molecular flexibility index (Phi) is 7.17. The Hall–Kier alpha value is -0.610. The maximum atomic E-state index is 11.7. The summed E-state index contributed by atoms with van der Waals surface area (Å²) in [6.45, 7) is 6.49. The van der Waals surface area contributed by atoms with E-state index in [0.29, 0.717) is 19.8 Å². The smallest absolute Gasteiger partial charge is 0.236 e. The molecule has 0 radical (unpaired) electrons. The summed E-state index contributed by atoms with van der Waals surface area (Å²) in [7, 11) is 0. The summed E-state index contributed by atoms with van der Waals surface area (Å²) in [4.78, 5) is 13.6. The van der Waals surface area contributed by atoms with Crippen molar-refractivity contribution in [3.8, 4) is 0 Å². The lowest BCUT2D eigenvalue weighted by Crippen LogP contribution is -2.44. The Balaban J connectivity index is 1.97. The first kappa shape index (κ1) is 13.5. The predicted octanol–water partition coefficient (Wildman–Crippen LogP) is 1.02. The van der Waals surface area contributed by atoms with E-state index in [4.69, 9.17) is 4.74 Å².